The molecule has 0 amide bonds. The molecule has 1 aromatic carbocycles. The zero-order chi connectivity index (χ0) is 12.3. The van der Waals surface area contributed by atoms with Crippen LogP contribution in [-0.4, -0.2) is 19.1 Å². The van der Waals surface area contributed by atoms with Gasteiger partial charge in [0.15, 0.2) is 0 Å². The Hall–Kier alpha value is -1.64. The summed E-state index contributed by atoms with van der Waals surface area (Å²) in [5.74, 6) is 1.31. The largest absolute Gasteiger partial charge is 0.386 e. The second-order valence-corrected chi connectivity index (χ2v) is 4.84. The van der Waals surface area contributed by atoms with Gasteiger partial charge in [0.25, 0.3) is 0 Å². The van der Waals surface area contributed by atoms with Crippen molar-refractivity contribution in [3.05, 3.63) is 42.2 Å². The average molecular weight is 231 g/mol. The number of rotatable bonds is 4. The Bertz CT molecular complexity index is 384. The molecule has 1 atom stereocenters. The van der Waals surface area contributed by atoms with E-state index >= 15 is 0 Å². The maximum absolute atomic E-state index is 5.75. The number of hydrogen-bond acceptors (Lipinski definition) is 3. The fourth-order valence-electron chi connectivity index (χ4n) is 2.22. The Balaban J connectivity index is 2.09. The van der Waals surface area contributed by atoms with Gasteiger partial charge in [-0.05, 0) is 32.1 Å². The Morgan fingerprint density at radius 3 is 2.59 bits per heavy atom. The van der Waals surface area contributed by atoms with Gasteiger partial charge in [0, 0.05) is 30.7 Å². The van der Waals surface area contributed by atoms with E-state index in [1.54, 1.807) is 0 Å². The molecule has 3 heteroatoms. The van der Waals surface area contributed by atoms with Crippen LogP contribution >= 0.6 is 0 Å². The van der Waals surface area contributed by atoms with Crippen LogP contribution in [0, 0.1) is 5.92 Å². The second-order valence-electron chi connectivity index (χ2n) is 4.84. The van der Waals surface area contributed by atoms with Gasteiger partial charge >= 0.3 is 0 Å². The van der Waals surface area contributed by atoms with Gasteiger partial charge in [0.05, 0.1) is 5.82 Å². The molecule has 17 heavy (non-hydrogen) atoms. The normalized spacial score (nSPS) is 19.0. The van der Waals surface area contributed by atoms with Crippen LogP contribution in [0.1, 0.15) is 13.8 Å². The summed E-state index contributed by atoms with van der Waals surface area (Å²) in [7, 11) is 0. The van der Waals surface area contributed by atoms with E-state index in [4.69, 9.17) is 5.73 Å². The first-order valence-electron chi connectivity index (χ1n) is 6.19. The molecular formula is C14H21N3. The molecule has 92 valence electrons. The van der Waals surface area contributed by atoms with Gasteiger partial charge in [-0.3, -0.25) is 0 Å². The number of nitrogens with one attached hydrogen (secondary N) is 1. The molecule has 1 aliphatic heterocycles. The zero-order valence-electron chi connectivity index (χ0n) is 10.6. The second kappa shape index (κ2) is 5.13. The van der Waals surface area contributed by atoms with Crippen molar-refractivity contribution in [3.8, 4) is 0 Å². The highest BCUT2D eigenvalue weighted by atomic mass is 15.2. The minimum atomic E-state index is 0.493. The van der Waals surface area contributed by atoms with Crippen LogP contribution in [0.25, 0.3) is 0 Å². The predicted octanol–water partition coefficient (Wildman–Crippen LogP) is 1.92. The van der Waals surface area contributed by atoms with Crippen LogP contribution in [0.15, 0.2) is 42.2 Å². The van der Waals surface area contributed by atoms with Crippen LogP contribution < -0.4 is 16.0 Å². The lowest BCUT2D eigenvalue weighted by Crippen LogP contribution is -2.36. The maximum atomic E-state index is 5.75. The summed E-state index contributed by atoms with van der Waals surface area (Å²) in [5.41, 5.74) is 7.03. The van der Waals surface area contributed by atoms with E-state index in [2.05, 4.69) is 60.5 Å². The van der Waals surface area contributed by atoms with Crippen LogP contribution in [-0.2, 0) is 0 Å². The molecule has 0 unspecified atom stereocenters. The lowest BCUT2D eigenvalue weighted by atomic mass is 10.1. The Kier molecular flexibility index (Phi) is 3.57. The van der Waals surface area contributed by atoms with Gasteiger partial charge in [-0.25, -0.2) is 0 Å². The van der Waals surface area contributed by atoms with E-state index < -0.39 is 0 Å². The first-order valence-corrected chi connectivity index (χ1v) is 6.19. The van der Waals surface area contributed by atoms with Crippen molar-refractivity contribution in [2.75, 3.05) is 18.0 Å². The van der Waals surface area contributed by atoms with Crippen molar-refractivity contribution < 1.29 is 0 Å². The summed E-state index contributed by atoms with van der Waals surface area (Å²) in [4.78, 5) is 2.42. The molecule has 2 rings (SSSR count). The van der Waals surface area contributed by atoms with Gasteiger partial charge in [-0.1, -0.05) is 18.2 Å². The van der Waals surface area contributed by atoms with Gasteiger partial charge in [0.1, 0.15) is 0 Å². The number of hydrogen-bond donors (Lipinski definition) is 2. The molecule has 1 heterocycles. The first kappa shape index (κ1) is 11.8. The summed E-state index contributed by atoms with van der Waals surface area (Å²) in [5, 5.41) is 3.18. The Labute approximate surface area is 103 Å². The molecule has 0 spiro atoms. The van der Waals surface area contributed by atoms with E-state index in [0.29, 0.717) is 12.0 Å². The number of nitrogens with two attached hydrogens (primary N) is 1. The Morgan fingerprint density at radius 2 is 2.06 bits per heavy atom. The fraction of sp³-hybridized carbons (Fsp3) is 0.429. The summed E-state index contributed by atoms with van der Waals surface area (Å²) >= 11 is 0. The minimum absolute atomic E-state index is 0.493. The van der Waals surface area contributed by atoms with Crippen molar-refractivity contribution in [2.24, 2.45) is 11.7 Å². The molecule has 0 bridgehead atoms. The van der Waals surface area contributed by atoms with E-state index in [0.717, 1.165) is 18.9 Å². The van der Waals surface area contributed by atoms with Crippen molar-refractivity contribution in [1.29, 1.82) is 0 Å². The maximum Gasteiger partial charge on any atom is 0.0923 e. The lowest BCUT2D eigenvalue weighted by molar-refractivity contribution is 0.579. The number of nitrogens with zero attached hydrogens (tertiary/aromatic N) is 1. The van der Waals surface area contributed by atoms with Crippen LogP contribution in [0.5, 0.6) is 0 Å². The predicted molar refractivity (Wildman–Crippen MR) is 72.7 cm³/mol. The molecule has 0 saturated heterocycles. The molecular weight excluding hydrogens is 210 g/mol. The van der Waals surface area contributed by atoms with Gasteiger partial charge in [-0.15, -0.1) is 0 Å². The van der Waals surface area contributed by atoms with Gasteiger partial charge in [0.2, 0.25) is 0 Å². The fourth-order valence-corrected chi connectivity index (χ4v) is 2.22. The van der Waals surface area contributed by atoms with E-state index in [1.165, 1.54) is 5.69 Å². The summed E-state index contributed by atoms with van der Waals surface area (Å²) in [6, 6.07) is 11.0. The molecule has 3 N–H and O–H groups in total. The molecule has 0 aromatic heterocycles. The van der Waals surface area contributed by atoms with E-state index in [-0.39, 0.29) is 0 Å². The summed E-state index contributed by atoms with van der Waals surface area (Å²) in [6.07, 6.45) is 2.12. The quantitative estimate of drug-likeness (QED) is 0.832. The summed E-state index contributed by atoms with van der Waals surface area (Å²) < 4.78 is 0. The minimum Gasteiger partial charge on any atom is -0.386 e. The molecule has 0 aliphatic carbocycles. The van der Waals surface area contributed by atoms with Gasteiger partial charge < -0.3 is 16.0 Å². The number of anilines is 1. The highest BCUT2D eigenvalue weighted by Crippen LogP contribution is 2.19. The standard InChI is InChI=1S/C14H21N3/c1-11(2)17(13-6-4-3-5-7-13)10-12-8-14(15)16-9-12/h3-8,11-12,16H,9-10,15H2,1-2H3/t12-/m1/s1. The molecule has 0 fully saturated rings. The SMILES string of the molecule is CC(C)N(C[C@@H]1C=C(N)NC1)c1ccccc1. The lowest BCUT2D eigenvalue weighted by Gasteiger charge is -2.31. The topological polar surface area (TPSA) is 41.3 Å². The molecule has 1 aromatic rings. The van der Waals surface area contributed by atoms with Crippen LogP contribution in [0.3, 0.4) is 0 Å². The third kappa shape index (κ3) is 2.93. The first-order chi connectivity index (χ1) is 8.16. The molecule has 0 radical (unpaired) electrons. The smallest absolute Gasteiger partial charge is 0.0923 e. The van der Waals surface area contributed by atoms with Crippen LogP contribution in [0.4, 0.5) is 5.69 Å². The van der Waals surface area contributed by atoms with Gasteiger partial charge in [-0.2, -0.15) is 0 Å². The third-order valence-electron chi connectivity index (χ3n) is 3.13. The van der Waals surface area contributed by atoms with Crippen molar-refractivity contribution in [1.82, 2.24) is 5.32 Å². The molecule has 3 nitrogen and oxygen atoms in total. The number of benzene rings is 1. The van der Waals surface area contributed by atoms with Crippen molar-refractivity contribution >= 4 is 5.69 Å². The monoisotopic (exact) mass is 231 g/mol. The Morgan fingerprint density at radius 1 is 1.35 bits per heavy atom. The van der Waals surface area contributed by atoms with Crippen molar-refractivity contribution in [3.63, 3.8) is 0 Å². The highest BCUT2D eigenvalue weighted by Gasteiger charge is 2.19. The van der Waals surface area contributed by atoms with Crippen LogP contribution in [0.2, 0.25) is 0 Å². The highest BCUT2D eigenvalue weighted by molar-refractivity contribution is 5.47. The third-order valence-corrected chi connectivity index (χ3v) is 3.13. The molecule has 0 saturated carbocycles. The summed E-state index contributed by atoms with van der Waals surface area (Å²) in [6.45, 7) is 6.40. The van der Waals surface area contributed by atoms with E-state index in [9.17, 15) is 0 Å². The zero-order valence-corrected chi connectivity index (χ0v) is 10.6. The van der Waals surface area contributed by atoms with E-state index in [1.807, 2.05) is 0 Å². The molecule has 1 aliphatic rings. The average Bonchev–Trinajstić information content (AvgIpc) is 2.73. The number of para-hydroxylation sites is 1. The van der Waals surface area contributed by atoms with Crippen molar-refractivity contribution in [2.45, 2.75) is 19.9 Å².